The number of carbonyl (C=O) groups is 1. The molecule has 1 aromatic heterocycles. The van der Waals surface area contributed by atoms with E-state index in [2.05, 4.69) is 11.8 Å². The van der Waals surface area contributed by atoms with E-state index in [0.29, 0.717) is 26.2 Å². The zero-order valence-electron chi connectivity index (χ0n) is 9.44. The molecule has 90 valence electrons. The van der Waals surface area contributed by atoms with E-state index in [-0.39, 0.29) is 12.5 Å². The Kier molecular flexibility index (Phi) is 4.15. The number of hydrogen-bond donors (Lipinski definition) is 1. The molecule has 0 aliphatic carbocycles. The van der Waals surface area contributed by atoms with Crippen molar-refractivity contribution < 1.29 is 9.53 Å². The molecule has 4 nitrogen and oxygen atoms in total. The van der Waals surface area contributed by atoms with Crippen LogP contribution in [0.15, 0.2) is 12.1 Å². The molecule has 1 aliphatic rings. The molecule has 0 bridgehead atoms. The van der Waals surface area contributed by atoms with Crippen molar-refractivity contribution in [3.05, 3.63) is 21.9 Å². The van der Waals surface area contributed by atoms with Crippen LogP contribution in [0.5, 0.6) is 0 Å². The van der Waals surface area contributed by atoms with E-state index < -0.39 is 0 Å². The van der Waals surface area contributed by atoms with Crippen LogP contribution in [-0.4, -0.2) is 37.1 Å². The lowest BCUT2D eigenvalue weighted by Crippen LogP contribution is -2.40. The Morgan fingerprint density at radius 1 is 1.53 bits per heavy atom. The third-order valence-electron chi connectivity index (χ3n) is 2.41. The number of thiophene rings is 1. The van der Waals surface area contributed by atoms with Gasteiger partial charge in [-0.1, -0.05) is 11.8 Å². The lowest BCUT2D eigenvalue weighted by Gasteiger charge is -2.26. The average Bonchev–Trinajstić information content (AvgIpc) is 2.77. The minimum Gasteiger partial charge on any atom is -0.370 e. The van der Waals surface area contributed by atoms with Crippen LogP contribution in [0.1, 0.15) is 9.75 Å². The standard InChI is InChI=1S/C12H14N2O2S/c13-5-1-2-10-3-4-11(17-10)8-14-6-7-16-9-12(14)15/h3-4H,5-9,13H2. The van der Waals surface area contributed by atoms with Gasteiger partial charge in [-0.15, -0.1) is 11.3 Å². The number of ether oxygens (including phenoxy) is 1. The summed E-state index contributed by atoms with van der Waals surface area (Å²) in [6, 6.07) is 3.97. The molecule has 2 rings (SSSR count). The number of amides is 1. The van der Waals surface area contributed by atoms with E-state index in [0.717, 1.165) is 9.75 Å². The second-order valence-corrected chi connectivity index (χ2v) is 4.81. The number of nitrogens with two attached hydrogens (primary N) is 1. The van der Waals surface area contributed by atoms with Crippen LogP contribution in [0.3, 0.4) is 0 Å². The van der Waals surface area contributed by atoms with E-state index >= 15 is 0 Å². The van der Waals surface area contributed by atoms with Gasteiger partial charge >= 0.3 is 0 Å². The summed E-state index contributed by atoms with van der Waals surface area (Å²) in [5, 5.41) is 0. The minimum atomic E-state index is 0.0549. The van der Waals surface area contributed by atoms with Gasteiger partial charge in [-0.3, -0.25) is 4.79 Å². The molecule has 1 amide bonds. The predicted octanol–water partition coefficient (Wildman–Crippen LogP) is 0.417. The molecule has 1 aliphatic heterocycles. The van der Waals surface area contributed by atoms with Crippen LogP contribution in [0.4, 0.5) is 0 Å². The Labute approximate surface area is 104 Å². The van der Waals surface area contributed by atoms with Crippen molar-refractivity contribution in [2.24, 2.45) is 5.73 Å². The molecule has 17 heavy (non-hydrogen) atoms. The fraction of sp³-hybridized carbons (Fsp3) is 0.417. The van der Waals surface area contributed by atoms with Crippen LogP contribution in [0, 0.1) is 11.8 Å². The highest BCUT2D eigenvalue weighted by Gasteiger charge is 2.18. The average molecular weight is 250 g/mol. The summed E-state index contributed by atoms with van der Waals surface area (Å²) in [5.74, 6) is 5.86. The van der Waals surface area contributed by atoms with Gasteiger partial charge in [0.1, 0.15) is 6.61 Å². The number of carbonyl (C=O) groups excluding carboxylic acids is 1. The largest absolute Gasteiger partial charge is 0.370 e. The highest BCUT2D eigenvalue weighted by Crippen LogP contribution is 2.18. The molecule has 2 heterocycles. The van der Waals surface area contributed by atoms with Gasteiger partial charge in [-0.2, -0.15) is 0 Å². The highest BCUT2D eigenvalue weighted by molar-refractivity contribution is 7.12. The highest BCUT2D eigenvalue weighted by atomic mass is 32.1. The molecule has 0 radical (unpaired) electrons. The Balaban J connectivity index is 1.98. The zero-order valence-corrected chi connectivity index (χ0v) is 10.3. The van der Waals surface area contributed by atoms with Gasteiger partial charge < -0.3 is 15.4 Å². The maximum Gasteiger partial charge on any atom is 0.248 e. The minimum absolute atomic E-state index is 0.0549. The Morgan fingerprint density at radius 2 is 2.41 bits per heavy atom. The van der Waals surface area contributed by atoms with Crippen LogP contribution in [0.25, 0.3) is 0 Å². The molecule has 1 fully saturated rings. The summed E-state index contributed by atoms with van der Waals surface area (Å²) < 4.78 is 5.08. The third-order valence-corrected chi connectivity index (χ3v) is 3.39. The Morgan fingerprint density at radius 3 is 3.18 bits per heavy atom. The molecule has 1 aromatic rings. The molecule has 2 N–H and O–H groups in total. The molecular formula is C12H14N2O2S. The maximum atomic E-state index is 11.5. The topological polar surface area (TPSA) is 55.6 Å². The van der Waals surface area contributed by atoms with Gasteiger partial charge in [0, 0.05) is 11.4 Å². The van der Waals surface area contributed by atoms with Gasteiger partial charge in [0.15, 0.2) is 0 Å². The lowest BCUT2D eigenvalue weighted by atomic mass is 10.3. The molecule has 0 atom stereocenters. The quantitative estimate of drug-likeness (QED) is 0.774. The number of rotatable bonds is 2. The fourth-order valence-corrected chi connectivity index (χ4v) is 2.47. The summed E-state index contributed by atoms with van der Waals surface area (Å²) >= 11 is 1.60. The van der Waals surface area contributed by atoms with Crippen molar-refractivity contribution in [1.29, 1.82) is 0 Å². The molecular weight excluding hydrogens is 236 g/mol. The first kappa shape index (κ1) is 12.1. The van der Waals surface area contributed by atoms with Gasteiger partial charge in [0.05, 0.1) is 24.6 Å². The van der Waals surface area contributed by atoms with E-state index in [9.17, 15) is 4.79 Å². The second kappa shape index (κ2) is 5.82. The SMILES string of the molecule is NCC#Cc1ccc(CN2CCOCC2=O)s1. The van der Waals surface area contributed by atoms with Gasteiger partial charge in [0.25, 0.3) is 0 Å². The normalized spacial score (nSPS) is 15.6. The smallest absolute Gasteiger partial charge is 0.248 e. The monoisotopic (exact) mass is 250 g/mol. The van der Waals surface area contributed by atoms with Crippen LogP contribution >= 0.6 is 11.3 Å². The Hall–Kier alpha value is -1.35. The molecule has 0 aromatic carbocycles. The summed E-state index contributed by atoms with van der Waals surface area (Å²) in [5.41, 5.74) is 5.32. The lowest BCUT2D eigenvalue weighted by molar-refractivity contribution is -0.143. The first-order valence-electron chi connectivity index (χ1n) is 5.43. The van der Waals surface area contributed by atoms with E-state index in [4.69, 9.17) is 10.5 Å². The van der Waals surface area contributed by atoms with Crippen LogP contribution in [-0.2, 0) is 16.1 Å². The summed E-state index contributed by atoms with van der Waals surface area (Å²) in [6.45, 7) is 2.51. The van der Waals surface area contributed by atoms with E-state index in [1.165, 1.54) is 0 Å². The predicted molar refractivity (Wildman–Crippen MR) is 66.5 cm³/mol. The maximum absolute atomic E-state index is 11.5. The third kappa shape index (κ3) is 3.30. The van der Waals surface area contributed by atoms with Crippen molar-refractivity contribution in [3.8, 4) is 11.8 Å². The fourth-order valence-electron chi connectivity index (χ4n) is 1.57. The van der Waals surface area contributed by atoms with Crippen molar-refractivity contribution in [2.75, 3.05) is 26.3 Å². The number of hydrogen-bond acceptors (Lipinski definition) is 4. The first-order chi connectivity index (χ1) is 8.29. The van der Waals surface area contributed by atoms with Gasteiger partial charge in [0.2, 0.25) is 5.91 Å². The summed E-state index contributed by atoms with van der Waals surface area (Å²) in [6.07, 6.45) is 0. The molecule has 1 saturated heterocycles. The van der Waals surface area contributed by atoms with E-state index in [1.54, 1.807) is 11.3 Å². The molecule has 0 unspecified atom stereocenters. The van der Waals surface area contributed by atoms with Crippen molar-refractivity contribution in [3.63, 3.8) is 0 Å². The molecule has 0 saturated carbocycles. The zero-order chi connectivity index (χ0) is 12.1. The second-order valence-electron chi connectivity index (χ2n) is 3.64. The van der Waals surface area contributed by atoms with Crippen molar-refractivity contribution in [1.82, 2.24) is 4.90 Å². The van der Waals surface area contributed by atoms with Gasteiger partial charge in [-0.05, 0) is 12.1 Å². The first-order valence-corrected chi connectivity index (χ1v) is 6.24. The number of nitrogens with zero attached hydrogens (tertiary/aromatic N) is 1. The van der Waals surface area contributed by atoms with Crippen molar-refractivity contribution >= 4 is 17.2 Å². The van der Waals surface area contributed by atoms with Crippen LogP contribution < -0.4 is 5.73 Å². The summed E-state index contributed by atoms with van der Waals surface area (Å²) in [7, 11) is 0. The van der Waals surface area contributed by atoms with E-state index in [1.807, 2.05) is 17.0 Å². The van der Waals surface area contributed by atoms with Gasteiger partial charge in [-0.25, -0.2) is 0 Å². The van der Waals surface area contributed by atoms with Crippen molar-refractivity contribution in [2.45, 2.75) is 6.54 Å². The molecule has 0 spiro atoms. The summed E-state index contributed by atoms with van der Waals surface area (Å²) in [4.78, 5) is 15.5. The Bertz CT molecular complexity index is 459. The van der Waals surface area contributed by atoms with Crippen LogP contribution in [0.2, 0.25) is 0 Å². The molecule has 5 heteroatoms. The number of morpholine rings is 1.